The Morgan fingerprint density at radius 3 is 2.29 bits per heavy atom. The van der Waals surface area contributed by atoms with Crippen LogP contribution < -0.4 is 0 Å². The van der Waals surface area contributed by atoms with E-state index in [1.807, 2.05) is 23.1 Å². The number of rotatable bonds is 4. The molecule has 0 aromatic heterocycles. The number of amides is 3. The van der Waals surface area contributed by atoms with Crippen LogP contribution in [0.2, 0.25) is 0 Å². The molecule has 2 aromatic rings. The van der Waals surface area contributed by atoms with Crippen molar-refractivity contribution < 1.29 is 14.4 Å². The molecule has 0 aliphatic carbocycles. The van der Waals surface area contributed by atoms with E-state index in [0.717, 1.165) is 32.2 Å². The van der Waals surface area contributed by atoms with Crippen molar-refractivity contribution in [1.29, 1.82) is 0 Å². The Balaban J connectivity index is 1.62. The molecule has 5 nitrogen and oxygen atoms in total. The summed E-state index contributed by atoms with van der Waals surface area (Å²) in [6, 6.07) is 14.4. The fourth-order valence-corrected chi connectivity index (χ4v) is 4.27. The average Bonchev–Trinajstić information content (AvgIpc) is 2.99. The lowest BCUT2D eigenvalue weighted by Crippen LogP contribution is -2.44. The summed E-state index contributed by atoms with van der Waals surface area (Å²) in [5.74, 6) is -0.599. The summed E-state index contributed by atoms with van der Waals surface area (Å²) in [4.78, 5) is 41.9. The van der Waals surface area contributed by atoms with Crippen LogP contribution in [0.4, 0.5) is 0 Å². The van der Waals surface area contributed by atoms with Crippen LogP contribution in [-0.4, -0.2) is 40.1 Å². The quantitative estimate of drug-likeness (QED) is 0.761. The molecule has 0 unspecified atom stereocenters. The highest BCUT2D eigenvalue weighted by atomic mass is 16.2. The maximum atomic E-state index is 13.3. The van der Waals surface area contributed by atoms with Gasteiger partial charge in [0.1, 0.15) is 0 Å². The number of imide groups is 1. The number of nitrogens with zero attached hydrogens (tertiary/aromatic N) is 2. The van der Waals surface area contributed by atoms with Crippen LogP contribution >= 0.6 is 0 Å². The SMILES string of the molecule is CC[C@@H]1CCCCN1C(=O)c1ccccc1CN1C(=O)c2ccccc2C1=O. The van der Waals surface area contributed by atoms with Gasteiger partial charge in [0.2, 0.25) is 0 Å². The molecule has 1 saturated heterocycles. The third kappa shape index (κ3) is 3.11. The molecule has 0 bridgehead atoms. The molecule has 0 spiro atoms. The van der Waals surface area contributed by atoms with E-state index in [4.69, 9.17) is 0 Å². The Morgan fingerprint density at radius 2 is 1.61 bits per heavy atom. The van der Waals surface area contributed by atoms with Crippen LogP contribution in [0.3, 0.4) is 0 Å². The standard InChI is InChI=1S/C23H24N2O3/c1-2-17-10-7-8-14-24(17)21(26)18-11-4-3-9-16(18)15-25-22(27)19-12-5-6-13-20(19)23(25)28/h3-6,9,11-13,17H,2,7-8,10,14-15H2,1H3/t17-/m1/s1. The molecule has 28 heavy (non-hydrogen) atoms. The van der Waals surface area contributed by atoms with Crippen molar-refractivity contribution in [3.8, 4) is 0 Å². The molecule has 5 heteroatoms. The Labute approximate surface area is 164 Å². The minimum absolute atomic E-state index is 0.00115. The van der Waals surface area contributed by atoms with Gasteiger partial charge in [0.05, 0.1) is 17.7 Å². The number of likely N-dealkylation sites (tertiary alicyclic amines) is 1. The number of carbonyl (C=O) groups is 3. The highest BCUT2D eigenvalue weighted by Gasteiger charge is 2.36. The molecular formula is C23H24N2O3. The molecule has 2 aliphatic rings. The van der Waals surface area contributed by atoms with E-state index in [2.05, 4.69) is 6.92 Å². The molecule has 144 valence electrons. The topological polar surface area (TPSA) is 57.7 Å². The van der Waals surface area contributed by atoms with Crippen LogP contribution in [0.15, 0.2) is 48.5 Å². The molecule has 3 amide bonds. The van der Waals surface area contributed by atoms with E-state index in [1.54, 1.807) is 30.3 Å². The maximum absolute atomic E-state index is 13.3. The fraction of sp³-hybridized carbons (Fsp3) is 0.348. The van der Waals surface area contributed by atoms with Crippen molar-refractivity contribution in [3.63, 3.8) is 0 Å². The molecule has 1 atom stereocenters. The van der Waals surface area contributed by atoms with Gasteiger partial charge < -0.3 is 4.90 Å². The first-order valence-electron chi connectivity index (χ1n) is 9.96. The van der Waals surface area contributed by atoms with Gasteiger partial charge in [-0.05, 0) is 49.4 Å². The third-order valence-corrected chi connectivity index (χ3v) is 5.81. The van der Waals surface area contributed by atoms with Gasteiger partial charge >= 0.3 is 0 Å². The second-order valence-electron chi connectivity index (χ2n) is 7.46. The van der Waals surface area contributed by atoms with Crippen molar-refractivity contribution in [2.24, 2.45) is 0 Å². The lowest BCUT2D eigenvalue weighted by atomic mass is 9.97. The molecule has 1 fully saturated rings. The number of hydrogen-bond donors (Lipinski definition) is 0. The number of benzene rings is 2. The monoisotopic (exact) mass is 376 g/mol. The van der Waals surface area contributed by atoms with Gasteiger partial charge in [0.25, 0.3) is 17.7 Å². The van der Waals surface area contributed by atoms with Crippen molar-refractivity contribution in [2.45, 2.75) is 45.2 Å². The summed E-state index contributed by atoms with van der Waals surface area (Å²) in [6.07, 6.45) is 4.14. The van der Waals surface area contributed by atoms with Crippen LogP contribution in [0.25, 0.3) is 0 Å². The van der Waals surface area contributed by atoms with E-state index in [1.165, 1.54) is 4.90 Å². The first-order chi connectivity index (χ1) is 13.6. The number of piperidine rings is 1. The molecule has 2 heterocycles. The summed E-state index contributed by atoms with van der Waals surface area (Å²) in [7, 11) is 0. The Hall–Kier alpha value is -2.95. The zero-order chi connectivity index (χ0) is 19.7. The van der Waals surface area contributed by atoms with Crippen LogP contribution in [0.1, 0.15) is 69.2 Å². The molecule has 2 aliphatic heterocycles. The minimum Gasteiger partial charge on any atom is -0.336 e. The normalized spacial score (nSPS) is 19.1. The van der Waals surface area contributed by atoms with E-state index in [-0.39, 0.29) is 30.3 Å². The predicted octanol–water partition coefficient (Wildman–Crippen LogP) is 3.89. The number of hydrogen-bond acceptors (Lipinski definition) is 3. The highest BCUT2D eigenvalue weighted by Crippen LogP contribution is 2.27. The Morgan fingerprint density at radius 1 is 0.964 bits per heavy atom. The third-order valence-electron chi connectivity index (χ3n) is 5.81. The van der Waals surface area contributed by atoms with Gasteiger partial charge in [-0.25, -0.2) is 0 Å². The lowest BCUT2D eigenvalue weighted by molar-refractivity contribution is 0.0590. The van der Waals surface area contributed by atoms with E-state index < -0.39 is 0 Å². The molecule has 0 saturated carbocycles. The van der Waals surface area contributed by atoms with Crippen molar-refractivity contribution in [3.05, 3.63) is 70.8 Å². The van der Waals surface area contributed by atoms with Gasteiger partial charge in [0, 0.05) is 18.2 Å². The van der Waals surface area contributed by atoms with Gasteiger partial charge in [-0.3, -0.25) is 19.3 Å². The first-order valence-corrected chi connectivity index (χ1v) is 9.96. The van der Waals surface area contributed by atoms with Gasteiger partial charge in [-0.2, -0.15) is 0 Å². The summed E-state index contributed by atoms with van der Waals surface area (Å²) in [5, 5.41) is 0. The van der Waals surface area contributed by atoms with Crippen molar-refractivity contribution in [2.75, 3.05) is 6.54 Å². The summed E-state index contributed by atoms with van der Waals surface area (Å²) in [5.41, 5.74) is 2.15. The molecule has 2 aromatic carbocycles. The minimum atomic E-state index is -0.299. The van der Waals surface area contributed by atoms with Crippen LogP contribution in [0, 0.1) is 0 Å². The highest BCUT2D eigenvalue weighted by molar-refractivity contribution is 6.21. The van der Waals surface area contributed by atoms with E-state index in [9.17, 15) is 14.4 Å². The van der Waals surface area contributed by atoms with Gasteiger partial charge in [-0.1, -0.05) is 37.3 Å². The second-order valence-corrected chi connectivity index (χ2v) is 7.46. The zero-order valence-corrected chi connectivity index (χ0v) is 16.1. The Kier molecular flexibility index (Phi) is 4.99. The van der Waals surface area contributed by atoms with Crippen molar-refractivity contribution in [1.82, 2.24) is 9.80 Å². The van der Waals surface area contributed by atoms with Gasteiger partial charge in [-0.15, -0.1) is 0 Å². The summed E-state index contributed by atoms with van der Waals surface area (Å²) >= 11 is 0. The van der Waals surface area contributed by atoms with Crippen LogP contribution in [-0.2, 0) is 6.54 Å². The first kappa shape index (κ1) is 18.4. The maximum Gasteiger partial charge on any atom is 0.261 e. The molecule has 4 rings (SSSR count). The van der Waals surface area contributed by atoms with Crippen molar-refractivity contribution >= 4 is 17.7 Å². The summed E-state index contributed by atoms with van der Waals surface area (Å²) in [6.45, 7) is 2.98. The van der Waals surface area contributed by atoms with E-state index >= 15 is 0 Å². The number of carbonyl (C=O) groups excluding carboxylic acids is 3. The Bertz CT molecular complexity index is 902. The lowest BCUT2D eigenvalue weighted by Gasteiger charge is -2.35. The zero-order valence-electron chi connectivity index (χ0n) is 16.1. The fourth-order valence-electron chi connectivity index (χ4n) is 4.27. The van der Waals surface area contributed by atoms with E-state index in [0.29, 0.717) is 22.3 Å². The van der Waals surface area contributed by atoms with Gasteiger partial charge in [0.15, 0.2) is 0 Å². The average molecular weight is 376 g/mol. The van der Waals surface area contributed by atoms with Crippen LogP contribution in [0.5, 0.6) is 0 Å². The second kappa shape index (κ2) is 7.58. The summed E-state index contributed by atoms with van der Waals surface area (Å²) < 4.78 is 0. The predicted molar refractivity (Wildman–Crippen MR) is 106 cm³/mol. The smallest absolute Gasteiger partial charge is 0.261 e. The largest absolute Gasteiger partial charge is 0.336 e. The molecular weight excluding hydrogens is 352 g/mol. The molecule has 0 radical (unpaired) electrons. The molecule has 0 N–H and O–H groups in total. The number of fused-ring (bicyclic) bond motifs is 1.